The van der Waals surface area contributed by atoms with Crippen molar-refractivity contribution in [3.63, 3.8) is 0 Å². The fourth-order valence-corrected chi connectivity index (χ4v) is 2.05. The van der Waals surface area contributed by atoms with E-state index in [2.05, 4.69) is 0 Å². The van der Waals surface area contributed by atoms with Crippen molar-refractivity contribution in [3.8, 4) is 5.75 Å². The Bertz CT molecular complexity index is 605. The second kappa shape index (κ2) is 6.93. The van der Waals surface area contributed by atoms with Gasteiger partial charge in [-0.05, 0) is 37.6 Å². The minimum absolute atomic E-state index is 0.0283. The van der Waals surface area contributed by atoms with E-state index in [4.69, 9.17) is 4.74 Å². The average molecular weight is 283 g/mol. The summed E-state index contributed by atoms with van der Waals surface area (Å²) in [4.78, 5) is 14.0. The number of rotatable bonds is 5. The highest BCUT2D eigenvalue weighted by atomic mass is 16.5. The number of aryl methyl sites for hydroxylation is 2. The Kier molecular flexibility index (Phi) is 4.99. The Labute approximate surface area is 126 Å². The third kappa shape index (κ3) is 4.09. The van der Waals surface area contributed by atoms with Gasteiger partial charge in [0.1, 0.15) is 12.4 Å². The van der Waals surface area contributed by atoms with Gasteiger partial charge < -0.3 is 9.64 Å². The number of hydrogen-bond donors (Lipinski definition) is 0. The van der Waals surface area contributed by atoms with Crippen molar-refractivity contribution in [2.24, 2.45) is 0 Å². The Morgan fingerprint density at radius 1 is 1.05 bits per heavy atom. The van der Waals surface area contributed by atoms with E-state index in [0.29, 0.717) is 13.2 Å². The van der Waals surface area contributed by atoms with Gasteiger partial charge in [-0.2, -0.15) is 0 Å². The van der Waals surface area contributed by atoms with E-state index < -0.39 is 0 Å². The predicted molar refractivity (Wildman–Crippen MR) is 84.8 cm³/mol. The maximum atomic E-state index is 12.3. The molecular weight excluding hydrogens is 262 g/mol. The van der Waals surface area contributed by atoms with Gasteiger partial charge in [0.15, 0.2) is 0 Å². The average Bonchev–Trinajstić information content (AvgIpc) is 2.49. The van der Waals surface area contributed by atoms with Gasteiger partial charge in [0.05, 0.1) is 6.54 Å². The molecule has 0 saturated carbocycles. The van der Waals surface area contributed by atoms with Gasteiger partial charge in [0.2, 0.25) is 0 Å². The molecule has 0 fully saturated rings. The summed E-state index contributed by atoms with van der Waals surface area (Å²) in [5.41, 5.74) is 2.94. The minimum Gasteiger partial charge on any atom is -0.492 e. The molecule has 0 spiro atoms. The summed E-state index contributed by atoms with van der Waals surface area (Å²) in [6.45, 7) is 5.03. The first-order valence-electron chi connectivity index (χ1n) is 7.08. The molecule has 2 aromatic carbocycles. The van der Waals surface area contributed by atoms with Gasteiger partial charge in [-0.3, -0.25) is 4.79 Å². The summed E-state index contributed by atoms with van der Waals surface area (Å²) in [5.74, 6) is 0.859. The van der Waals surface area contributed by atoms with Crippen molar-refractivity contribution in [2.75, 3.05) is 20.2 Å². The van der Waals surface area contributed by atoms with E-state index in [1.54, 1.807) is 11.9 Å². The fourth-order valence-electron chi connectivity index (χ4n) is 2.05. The first-order chi connectivity index (χ1) is 10.1. The molecule has 0 aliphatic heterocycles. The molecule has 21 heavy (non-hydrogen) atoms. The number of amides is 1. The number of nitrogens with zero attached hydrogens (tertiary/aromatic N) is 1. The summed E-state index contributed by atoms with van der Waals surface area (Å²) < 4.78 is 5.65. The van der Waals surface area contributed by atoms with E-state index in [9.17, 15) is 4.79 Å². The van der Waals surface area contributed by atoms with Crippen LogP contribution in [-0.2, 0) is 0 Å². The lowest BCUT2D eigenvalue weighted by Crippen LogP contribution is -2.31. The highest BCUT2D eigenvalue weighted by Gasteiger charge is 2.13. The lowest BCUT2D eigenvalue weighted by molar-refractivity contribution is 0.0773. The van der Waals surface area contributed by atoms with Crippen LogP contribution in [0.1, 0.15) is 21.5 Å². The molecule has 3 nitrogen and oxygen atoms in total. The lowest BCUT2D eigenvalue weighted by atomic mass is 10.1. The van der Waals surface area contributed by atoms with Crippen molar-refractivity contribution < 1.29 is 9.53 Å². The minimum atomic E-state index is 0.0283. The lowest BCUT2D eigenvalue weighted by Gasteiger charge is -2.18. The third-order valence-corrected chi connectivity index (χ3v) is 3.44. The maximum absolute atomic E-state index is 12.3. The Balaban J connectivity index is 1.87. The molecule has 0 radical (unpaired) electrons. The SMILES string of the molecule is Cc1ccc(OCCN(C)C(=O)c2ccccc2C)cc1. The molecule has 1 amide bonds. The van der Waals surface area contributed by atoms with E-state index in [1.165, 1.54) is 5.56 Å². The molecule has 0 bridgehead atoms. The first-order valence-corrected chi connectivity index (χ1v) is 7.08. The summed E-state index contributed by atoms with van der Waals surface area (Å²) in [7, 11) is 1.80. The van der Waals surface area contributed by atoms with Crippen LogP contribution in [0.5, 0.6) is 5.75 Å². The van der Waals surface area contributed by atoms with Gasteiger partial charge >= 0.3 is 0 Å². The van der Waals surface area contributed by atoms with Gasteiger partial charge in [0.25, 0.3) is 5.91 Å². The van der Waals surface area contributed by atoms with Crippen LogP contribution in [0.25, 0.3) is 0 Å². The van der Waals surface area contributed by atoms with Crippen LogP contribution >= 0.6 is 0 Å². The number of likely N-dealkylation sites (N-methyl/N-ethyl adjacent to an activating group) is 1. The van der Waals surface area contributed by atoms with Gasteiger partial charge in [-0.15, -0.1) is 0 Å². The van der Waals surface area contributed by atoms with Gasteiger partial charge in [-0.1, -0.05) is 35.9 Å². The van der Waals surface area contributed by atoms with Crippen LogP contribution in [0.15, 0.2) is 48.5 Å². The molecule has 2 rings (SSSR count). The van der Waals surface area contributed by atoms with Crippen LogP contribution in [0.2, 0.25) is 0 Å². The molecule has 0 saturated heterocycles. The Hall–Kier alpha value is -2.29. The second-order valence-corrected chi connectivity index (χ2v) is 5.20. The fraction of sp³-hybridized carbons (Fsp3) is 0.278. The van der Waals surface area contributed by atoms with Crippen LogP contribution in [0.3, 0.4) is 0 Å². The largest absolute Gasteiger partial charge is 0.492 e. The zero-order valence-corrected chi connectivity index (χ0v) is 12.8. The maximum Gasteiger partial charge on any atom is 0.253 e. The highest BCUT2D eigenvalue weighted by Crippen LogP contribution is 2.12. The van der Waals surface area contributed by atoms with Crippen molar-refractivity contribution >= 4 is 5.91 Å². The van der Waals surface area contributed by atoms with Crippen LogP contribution in [-0.4, -0.2) is 31.0 Å². The van der Waals surface area contributed by atoms with E-state index in [-0.39, 0.29) is 5.91 Å². The zero-order chi connectivity index (χ0) is 15.2. The van der Waals surface area contributed by atoms with Gasteiger partial charge in [0, 0.05) is 12.6 Å². The van der Waals surface area contributed by atoms with E-state index in [0.717, 1.165) is 16.9 Å². The summed E-state index contributed by atoms with van der Waals surface area (Å²) in [5, 5.41) is 0. The molecule has 110 valence electrons. The number of carbonyl (C=O) groups excluding carboxylic acids is 1. The predicted octanol–water partition coefficient (Wildman–Crippen LogP) is 3.45. The smallest absolute Gasteiger partial charge is 0.253 e. The van der Waals surface area contributed by atoms with Crippen LogP contribution in [0, 0.1) is 13.8 Å². The quantitative estimate of drug-likeness (QED) is 0.841. The molecule has 0 atom stereocenters. The Morgan fingerprint density at radius 2 is 1.71 bits per heavy atom. The van der Waals surface area contributed by atoms with Crippen molar-refractivity contribution in [3.05, 3.63) is 65.2 Å². The highest BCUT2D eigenvalue weighted by molar-refractivity contribution is 5.95. The van der Waals surface area contributed by atoms with Gasteiger partial charge in [-0.25, -0.2) is 0 Å². The van der Waals surface area contributed by atoms with Crippen molar-refractivity contribution in [1.82, 2.24) is 4.90 Å². The molecule has 0 unspecified atom stereocenters. The molecule has 0 heterocycles. The first kappa shape index (κ1) is 15.1. The van der Waals surface area contributed by atoms with E-state index in [1.807, 2.05) is 62.4 Å². The van der Waals surface area contributed by atoms with Crippen LogP contribution in [0.4, 0.5) is 0 Å². The molecule has 0 aliphatic carbocycles. The molecule has 0 N–H and O–H groups in total. The van der Waals surface area contributed by atoms with E-state index >= 15 is 0 Å². The van der Waals surface area contributed by atoms with Crippen molar-refractivity contribution in [2.45, 2.75) is 13.8 Å². The van der Waals surface area contributed by atoms with Crippen molar-refractivity contribution in [1.29, 1.82) is 0 Å². The summed E-state index contributed by atoms with van der Waals surface area (Å²) >= 11 is 0. The summed E-state index contributed by atoms with van der Waals surface area (Å²) in [6.07, 6.45) is 0. The normalized spacial score (nSPS) is 10.2. The molecule has 2 aromatic rings. The van der Waals surface area contributed by atoms with Crippen LogP contribution < -0.4 is 4.74 Å². The Morgan fingerprint density at radius 3 is 2.38 bits per heavy atom. The third-order valence-electron chi connectivity index (χ3n) is 3.44. The number of benzene rings is 2. The number of hydrogen-bond acceptors (Lipinski definition) is 2. The monoisotopic (exact) mass is 283 g/mol. The molecule has 0 aliphatic rings. The summed E-state index contributed by atoms with van der Waals surface area (Å²) in [6, 6.07) is 15.5. The number of carbonyl (C=O) groups is 1. The second-order valence-electron chi connectivity index (χ2n) is 5.20. The number of ether oxygens (including phenoxy) is 1. The molecule has 0 aromatic heterocycles. The molecular formula is C18H21NO2. The standard InChI is InChI=1S/C18H21NO2/c1-14-8-10-16(11-9-14)21-13-12-19(3)18(20)17-7-5-4-6-15(17)2/h4-11H,12-13H2,1-3H3. The zero-order valence-electron chi connectivity index (χ0n) is 12.8. The topological polar surface area (TPSA) is 29.5 Å². The molecule has 3 heteroatoms.